The molecule has 0 saturated carbocycles. The van der Waals surface area contributed by atoms with Crippen LogP contribution in [0, 0.1) is 4.77 Å². The Kier molecular flexibility index (Phi) is 4.57. The highest BCUT2D eigenvalue weighted by atomic mass is 32.1. The van der Waals surface area contributed by atoms with Crippen LogP contribution < -0.4 is 5.56 Å². The molecule has 0 amide bonds. The van der Waals surface area contributed by atoms with Crippen LogP contribution in [-0.4, -0.2) is 20.9 Å². The number of para-hydroxylation sites is 1. The van der Waals surface area contributed by atoms with Crippen molar-refractivity contribution in [3.63, 3.8) is 0 Å². The summed E-state index contributed by atoms with van der Waals surface area (Å²) in [5.41, 5.74) is 4.07. The molecule has 0 unspecified atom stereocenters. The van der Waals surface area contributed by atoms with Gasteiger partial charge in [0.25, 0.3) is 5.56 Å². The van der Waals surface area contributed by atoms with Crippen LogP contribution in [0.5, 0.6) is 5.88 Å². The number of aliphatic imine (C=N–C) groups is 1. The normalized spacial score (nSPS) is 14.0. The molecule has 2 heterocycles. The Balaban J connectivity index is 1.86. The van der Waals surface area contributed by atoms with Gasteiger partial charge in [-0.1, -0.05) is 44.2 Å². The highest BCUT2D eigenvalue weighted by Gasteiger charge is 2.16. The Morgan fingerprint density at radius 3 is 2.57 bits per heavy atom. The van der Waals surface area contributed by atoms with Gasteiger partial charge >= 0.3 is 0 Å². The van der Waals surface area contributed by atoms with E-state index in [1.807, 2.05) is 48.5 Å². The van der Waals surface area contributed by atoms with Crippen LogP contribution in [0.2, 0.25) is 0 Å². The van der Waals surface area contributed by atoms with Gasteiger partial charge in [0.15, 0.2) is 4.77 Å². The maximum atomic E-state index is 12.5. The number of aromatic nitrogens is 2. The third-order valence-corrected chi connectivity index (χ3v) is 5.08. The first-order chi connectivity index (χ1) is 13.5. The number of aromatic hydroxyl groups is 1. The molecule has 0 fully saturated rings. The van der Waals surface area contributed by atoms with Gasteiger partial charge in [-0.3, -0.25) is 19.3 Å². The highest BCUT2D eigenvalue weighted by Crippen LogP contribution is 2.33. The zero-order valence-corrected chi connectivity index (χ0v) is 16.3. The lowest BCUT2D eigenvalue weighted by molar-refractivity contribution is 0.432. The molecule has 3 aromatic rings. The molecular formula is C22H19N3O2S. The van der Waals surface area contributed by atoms with Gasteiger partial charge in [0, 0.05) is 17.4 Å². The number of aromatic amines is 1. The molecule has 0 saturated heterocycles. The van der Waals surface area contributed by atoms with E-state index < -0.39 is 5.56 Å². The molecule has 140 valence electrons. The summed E-state index contributed by atoms with van der Waals surface area (Å²) >= 11 is 5.30. The zero-order valence-electron chi connectivity index (χ0n) is 15.5. The van der Waals surface area contributed by atoms with Gasteiger partial charge in [0.1, 0.15) is 5.56 Å². The minimum absolute atomic E-state index is 0.139. The van der Waals surface area contributed by atoms with Crippen molar-refractivity contribution < 1.29 is 5.11 Å². The Morgan fingerprint density at radius 2 is 1.86 bits per heavy atom. The molecule has 0 radical (unpaired) electrons. The Labute approximate surface area is 167 Å². The molecule has 28 heavy (non-hydrogen) atoms. The number of hydrogen-bond acceptors (Lipinski definition) is 4. The van der Waals surface area contributed by atoms with Crippen LogP contribution in [0.25, 0.3) is 17.3 Å². The molecule has 6 heteroatoms. The molecule has 1 aliphatic rings. The fraction of sp³-hybridized carbons (Fsp3) is 0.136. The average Bonchev–Trinajstić information content (AvgIpc) is 3.08. The average molecular weight is 389 g/mol. The van der Waals surface area contributed by atoms with E-state index in [2.05, 4.69) is 23.8 Å². The smallest absolute Gasteiger partial charge is 0.262 e. The fourth-order valence-electron chi connectivity index (χ4n) is 3.23. The quantitative estimate of drug-likeness (QED) is 0.621. The van der Waals surface area contributed by atoms with Crippen molar-refractivity contribution >= 4 is 35.8 Å². The molecule has 1 aromatic heterocycles. The van der Waals surface area contributed by atoms with Crippen molar-refractivity contribution in [2.45, 2.75) is 19.8 Å². The fourth-order valence-corrected chi connectivity index (χ4v) is 3.51. The van der Waals surface area contributed by atoms with Crippen LogP contribution >= 0.6 is 12.2 Å². The van der Waals surface area contributed by atoms with Gasteiger partial charge in [-0.2, -0.15) is 0 Å². The molecule has 2 N–H and O–H groups in total. The highest BCUT2D eigenvalue weighted by molar-refractivity contribution is 7.71. The summed E-state index contributed by atoms with van der Waals surface area (Å²) < 4.78 is 1.60. The van der Waals surface area contributed by atoms with Crippen molar-refractivity contribution in [1.82, 2.24) is 9.55 Å². The van der Waals surface area contributed by atoms with E-state index >= 15 is 0 Å². The number of nitrogens with zero attached hydrogens (tertiary/aromatic N) is 2. The minimum atomic E-state index is -0.442. The minimum Gasteiger partial charge on any atom is -0.494 e. The van der Waals surface area contributed by atoms with Crippen LogP contribution in [0.4, 0.5) is 5.69 Å². The first kappa shape index (κ1) is 18.1. The van der Waals surface area contributed by atoms with E-state index in [0.717, 1.165) is 16.8 Å². The first-order valence-corrected chi connectivity index (χ1v) is 9.40. The molecule has 5 nitrogen and oxygen atoms in total. The lowest BCUT2D eigenvalue weighted by atomic mass is 10.0. The summed E-state index contributed by atoms with van der Waals surface area (Å²) in [4.78, 5) is 19.5. The second-order valence-corrected chi connectivity index (χ2v) is 7.34. The molecule has 1 aliphatic heterocycles. The van der Waals surface area contributed by atoms with Gasteiger partial charge in [-0.05, 0) is 48.0 Å². The maximum absolute atomic E-state index is 12.5. The number of hydrogen-bond donors (Lipinski definition) is 2. The van der Waals surface area contributed by atoms with Gasteiger partial charge in [-0.15, -0.1) is 0 Å². The molecule has 4 rings (SSSR count). The Morgan fingerprint density at radius 1 is 1.14 bits per heavy atom. The molecule has 0 bridgehead atoms. The summed E-state index contributed by atoms with van der Waals surface area (Å²) in [5.74, 6) is 0.199. The summed E-state index contributed by atoms with van der Waals surface area (Å²) in [6.45, 7) is 4.23. The van der Waals surface area contributed by atoms with Crippen LogP contribution in [0.1, 0.15) is 36.5 Å². The van der Waals surface area contributed by atoms with Gasteiger partial charge in [0.2, 0.25) is 5.88 Å². The van der Waals surface area contributed by atoms with Crippen molar-refractivity contribution in [2.24, 2.45) is 4.99 Å². The van der Waals surface area contributed by atoms with Crippen molar-refractivity contribution in [1.29, 1.82) is 0 Å². The van der Waals surface area contributed by atoms with E-state index in [1.165, 1.54) is 10.1 Å². The van der Waals surface area contributed by atoms with Crippen LogP contribution in [0.3, 0.4) is 0 Å². The van der Waals surface area contributed by atoms with Crippen molar-refractivity contribution in [2.75, 3.05) is 0 Å². The first-order valence-electron chi connectivity index (χ1n) is 8.99. The molecular weight excluding hydrogens is 370 g/mol. The maximum Gasteiger partial charge on any atom is 0.262 e. The van der Waals surface area contributed by atoms with Crippen LogP contribution in [0.15, 0.2) is 58.3 Å². The molecule has 0 aliphatic carbocycles. The second kappa shape index (κ2) is 7.05. The predicted molar refractivity (Wildman–Crippen MR) is 115 cm³/mol. The second-order valence-electron chi connectivity index (χ2n) is 6.95. The number of benzene rings is 2. The third kappa shape index (κ3) is 3.12. The summed E-state index contributed by atoms with van der Waals surface area (Å²) in [7, 11) is 0. The predicted octanol–water partition coefficient (Wildman–Crippen LogP) is 4.98. The number of nitrogens with one attached hydrogen (secondary N) is 1. The Hall–Kier alpha value is -3.25. The van der Waals surface area contributed by atoms with Crippen LogP contribution in [-0.2, 0) is 0 Å². The summed E-state index contributed by atoms with van der Waals surface area (Å²) in [6.07, 6.45) is 3.32. The molecule has 0 atom stereocenters. The van der Waals surface area contributed by atoms with E-state index in [0.29, 0.717) is 11.6 Å². The molecule has 2 aromatic carbocycles. The lowest BCUT2D eigenvalue weighted by Crippen LogP contribution is -2.16. The number of allylic oxidation sites excluding steroid dienone is 1. The zero-order chi connectivity index (χ0) is 19.8. The van der Waals surface area contributed by atoms with E-state index in [4.69, 9.17) is 12.2 Å². The monoisotopic (exact) mass is 389 g/mol. The number of fused-ring (bicyclic) bond motifs is 1. The van der Waals surface area contributed by atoms with Gasteiger partial charge in [-0.25, -0.2) is 0 Å². The topological polar surface area (TPSA) is 70.4 Å². The number of rotatable bonds is 3. The molecule has 0 spiro atoms. The standard InChI is InChI=1S/C22H19N3O2S/c1-13(2)14-7-9-16(10-8-14)25-21(27)18(20(26)24-22(25)28)11-15-12-23-19-6-4-3-5-17(15)19/h3-13,27H,1-2H3,(H,24,26,28). The number of H-pyrrole nitrogens is 1. The van der Waals surface area contributed by atoms with Crippen molar-refractivity contribution in [3.05, 3.63) is 80.3 Å². The van der Waals surface area contributed by atoms with Gasteiger partial charge < -0.3 is 5.11 Å². The van der Waals surface area contributed by atoms with E-state index in [-0.39, 0.29) is 16.2 Å². The lowest BCUT2D eigenvalue weighted by Gasteiger charge is -2.13. The van der Waals surface area contributed by atoms with E-state index in [9.17, 15) is 9.90 Å². The Bertz CT molecular complexity index is 1230. The third-order valence-electron chi connectivity index (χ3n) is 4.80. The largest absolute Gasteiger partial charge is 0.494 e. The summed E-state index contributed by atoms with van der Waals surface area (Å²) in [6, 6.07) is 15.4. The van der Waals surface area contributed by atoms with Crippen molar-refractivity contribution in [3.8, 4) is 11.6 Å². The van der Waals surface area contributed by atoms with E-state index in [1.54, 1.807) is 12.3 Å². The SMILES string of the molecule is CC(C)c1ccc(-n2c(O)c(C=C3C=Nc4ccccc43)c(=O)[nH]c2=S)cc1. The van der Waals surface area contributed by atoms with Gasteiger partial charge in [0.05, 0.1) is 11.4 Å². The summed E-state index contributed by atoms with van der Waals surface area (Å²) in [5, 5.41) is 10.9.